The molecule has 2 N–H and O–H groups in total. The number of nitrogens with zero attached hydrogens (tertiary/aromatic N) is 4. The average molecular weight is 548 g/mol. The summed E-state index contributed by atoms with van der Waals surface area (Å²) in [6.07, 6.45) is 0. The maximum Gasteiger partial charge on any atom is 0.275 e. The van der Waals surface area contributed by atoms with Crippen molar-refractivity contribution >= 4 is 61.1 Å². The SMILES string of the molecule is Cc1ccc2[nH]c(O)c(N=NC(=O)CSc3nc4ccc(Br)cc4c(=O)n3-c3ccccc3)c2c1. The normalized spacial score (nSPS) is 11.6. The minimum atomic E-state index is -0.527. The Balaban J connectivity index is 1.46. The quantitative estimate of drug-likeness (QED) is 0.158. The molecule has 0 spiro atoms. The number of amides is 1. The molecular formula is C25H18BrN5O3S. The molecule has 5 rings (SSSR count). The summed E-state index contributed by atoms with van der Waals surface area (Å²) < 4.78 is 2.26. The van der Waals surface area contributed by atoms with Crippen LogP contribution in [0.5, 0.6) is 5.88 Å². The molecule has 0 fully saturated rings. The lowest BCUT2D eigenvalue weighted by molar-refractivity contribution is -0.115. The second kappa shape index (κ2) is 9.47. The van der Waals surface area contributed by atoms with E-state index in [1.807, 2.05) is 49.4 Å². The van der Waals surface area contributed by atoms with E-state index < -0.39 is 5.91 Å². The fraction of sp³-hybridized carbons (Fsp3) is 0.0800. The molecule has 1 amide bonds. The molecule has 3 aromatic carbocycles. The Morgan fingerprint density at radius 1 is 1.11 bits per heavy atom. The summed E-state index contributed by atoms with van der Waals surface area (Å²) in [6, 6.07) is 20.0. The van der Waals surface area contributed by atoms with E-state index in [-0.39, 0.29) is 22.9 Å². The van der Waals surface area contributed by atoms with E-state index in [0.29, 0.717) is 32.6 Å². The van der Waals surface area contributed by atoms with Crippen LogP contribution in [0.4, 0.5) is 5.69 Å². The lowest BCUT2D eigenvalue weighted by Gasteiger charge is -2.12. The Morgan fingerprint density at radius 3 is 2.71 bits per heavy atom. The number of para-hydroxylation sites is 1. The van der Waals surface area contributed by atoms with Gasteiger partial charge in [0.25, 0.3) is 11.5 Å². The van der Waals surface area contributed by atoms with Gasteiger partial charge in [0.1, 0.15) is 0 Å². The number of aromatic nitrogens is 3. The first-order chi connectivity index (χ1) is 16.9. The molecule has 0 aliphatic carbocycles. The maximum absolute atomic E-state index is 13.3. The summed E-state index contributed by atoms with van der Waals surface area (Å²) in [7, 11) is 0. The van der Waals surface area contributed by atoms with E-state index in [4.69, 9.17) is 0 Å². The van der Waals surface area contributed by atoms with Crippen LogP contribution in [0.2, 0.25) is 0 Å². The van der Waals surface area contributed by atoms with Gasteiger partial charge in [0.15, 0.2) is 10.8 Å². The highest BCUT2D eigenvalue weighted by atomic mass is 79.9. The van der Waals surface area contributed by atoms with Crippen molar-refractivity contribution in [3.05, 3.63) is 87.1 Å². The summed E-state index contributed by atoms with van der Waals surface area (Å²) in [6.45, 7) is 1.92. The number of carbonyl (C=O) groups excluding carboxylic acids is 1. The van der Waals surface area contributed by atoms with E-state index in [2.05, 4.69) is 36.1 Å². The molecule has 2 aromatic heterocycles. The molecular weight excluding hydrogens is 530 g/mol. The van der Waals surface area contributed by atoms with Gasteiger partial charge in [-0.25, -0.2) is 4.98 Å². The van der Waals surface area contributed by atoms with E-state index in [1.165, 1.54) is 4.57 Å². The number of hydrogen-bond acceptors (Lipinski definition) is 6. The third-order valence-corrected chi connectivity index (χ3v) is 6.72. The monoisotopic (exact) mass is 547 g/mol. The third kappa shape index (κ3) is 4.62. The number of aryl methyl sites for hydroxylation is 1. The van der Waals surface area contributed by atoms with Crippen LogP contribution in [0.25, 0.3) is 27.5 Å². The minimum Gasteiger partial charge on any atom is -0.493 e. The third-order valence-electron chi connectivity index (χ3n) is 5.31. The first kappa shape index (κ1) is 23.0. The van der Waals surface area contributed by atoms with Gasteiger partial charge in [-0.15, -0.1) is 10.2 Å². The summed E-state index contributed by atoms with van der Waals surface area (Å²) in [5.74, 6) is -0.774. The predicted octanol–water partition coefficient (Wildman–Crippen LogP) is 6.05. The van der Waals surface area contributed by atoms with Crippen LogP contribution < -0.4 is 5.56 Å². The van der Waals surface area contributed by atoms with Gasteiger partial charge in [-0.3, -0.25) is 14.2 Å². The summed E-state index contributed by atoms with van der Waals surface area (Å²) in [5.41, 5.74) is 2.82. The van der Waals surface area contributed by atoms with Crippen LogP contribution in [0.1, 0.15) is 5.56 Å². The molecule has 0 aliphatic heterocycles. The lowest BCUT2D eigenvalue weighted by atomic mass is 10.2. The average Bonchev–Trinajstić information content (AvgIpc) is 3.16. The molecule has 0 saturated heterocycles. The van der Waals surface area contributed by atoms with Gasteiger partial charge in [0, 0.05) is 9.86 Å². The Bertz CT molecular complexity index is 1680. The van der Waals surface area contributed by atoms with Crippen LogP contribution in [0, 0.1) is 6.92 Å². The molecule has 10 heteroatoms. The molecule has 0 radical (unpaired) electrons. The van der Waals surface area contributed by atoms with Crippen LogP contribution in [-0.2, 0) is 4.79 Å². The first-order valence-electron chi connectivity index (χ1n) is 10.6. The summed E-state index contributed by atoms with van der Waals surface area (Å²) in [5, 5.41) is 19.5. The topological polar surface area (TPSA) is 113 Å². The van der Waals surface area contributed by atoms with Gasteiger partial charge in [0.2, 0.25) is 5.88 Å². The highest BCUT2D eigenvalue weighted by Crippen LogP contribution is 2.36. The summed E-state index contributed by atoms with van der Waals surface area (Å²) in [4.78, 5) is 33.4. The molecule has 2 heterocycles. The molecule has 0 bridgehead atoms. The Morgan fingerprint density at radius 2 is 1.91 bits per heavy atom. The van der Waals surface area contributed by atoms with E-state index >= 15 is 0 Å². The van der Waals surface area contributed by atoms with Crippen molar-refractivity contribution in [2.45, 2.75) is 12.1 Å². The van der Waals surface area contributed by atoms with Gasteiger partial charge in [-0.2, -0.15) is 0 Å². The first-order valence-corrected chi connectivity index (χ1v) is 12.3. The van der Waals surface area contributed by atoms with E-state index in [0.717, 1.165) is 21.8 Å². The number of halogens is 1. The summed E-state index contributed by atoms with van der Waals surface area (Å²) >= 11 is 4.50. The van der Waals surface area contributed by atoms with Crippen LogP contribution in [0.3, 0.4) is 0 Å². The van der Waals surface area contributed by atoms with Crippen molar-refractivity contribution in [2.75, 3.05) is 5.75 Å². The minimum absolute atomic E-state index is 0.0903. The number of hydrogen-bond donors (Lipinski definition) is 2. The zero-order valence-corrected chi connectivity index (χ0v) is 20.8. The van der Waals surface area contributed by atoms with Crippen molar-refractivity contribution in [3.63, 3.8) is 0 Å². The highest BCUT2D eigenvalue weighted by Gasteiger charge is 2.16. The molecule has 0 atom stereocenters. The largest absolute Gasteiger partial charge is 0.493 e. The van der Waals surface area contributed by atoms with Gasteiger partial charge in [-0.1, -0.05) is 57.5 Å². The molecule has 174 valence electrons. The van der Waals surface area contributed by atoms with Crippen molar-refractivity contribution in [1.82, 2.24) is 14.5 Å². The standard InChI is InChI=1S/C25H18BrN5O3S/c1-14-7-9-19-17(11-14)22(23(33)27-19)30-29-21(32)13-35-25-28-20-10-8-15(26)12-18(20)24(34)31(25)16-5-3-2-4-6-16/h2-12,27,33H,13H2,1H3. The number of fused-ring (bicyclic) bond motifs is 2. The van der Waals surface area contributed by atoms with Gasteiger partial charge in [0.05, 0.1) is 27.9 Å². The van der Waals surface area contributed by atoms with Crippen LogP contribution in [0.15, 0.2) is 91.4 Å². The number of azo groups is 1. The Hall–Kier alpha value is -3.76. The van der Waals surface area contributed by atoms with Crippen LogP contribution >= 0.6 is 27.7 Å². The maximum atomic E-state index is 13.3. The highest BCUT2D eigenvalue weighted by molar-refractivity contribution is 9.10. The predicted molar refractivity (Wildman–Crippen MR) is 140 cm³/mol. The Labute approximate surface area is 211 Å². The number of thioether (sulfide) groups is 1. The van der Waals surface area contributed by atoms with Crippen LogP contribution in [-0.4, -0.2) is 31.3 Å². The lowest BCUT2D eigenvalue weighted by Crippen LogP contribution is -2.22. The zero-order valence-electron chi connectivity index (χ0n) is 18.4. The molecule has 5 aromatic rings. The molecule has 0 aliphatic rings. The fourth-order valence-electron chi connectivity index (χ4n) is 3.68. The second-order valence-corrected chi connectivity index (χ2v) is 9.64. The fourth-order valence-corrected chi connectivity index (χ4v) is 4.83. The van der Waals surface area contributed by atoms with Gasteiger partial charge in [-0.05, 0) is 49.4 Å². The second-order valence-electron chi connectivity index (χ2n) is 7.79. The number of aromatic hydroxyl groups is 1. The number of nitrogens with one attached hydrogen (secondary N) is 1. The number of rotatable bonds is 5. The van der Waals surface area contributed by atoms with Crippen molar-refractivity contribution in [3.8, 4) is 11.6 Å². The molecule has 8 nitrogen and oxygen atoms in total. The number of aromatic amines is 1. The Kier molecular flexibility index (Phi) is 6.23. The van der Waals surface area contributed by atoms with E-state index in [1.54, 1.807) is 24.3 Å². The van der Waals surface area contributed by atoms with Crippen molar-refractivity contribution in [2.24, 2.45) is 10.2 Å². The number of carbonyl (C=O) groups is 1. The zero-order chi connectivity index (χ0) is 24.5. The molecule has 35 heavy (non-hydrogen) atoms. The van der Waals surface area contributed by atoms with E-state index in [9.17, 15) is 14.7 Å². The molecule has 0 saturated carbocycles. The smallest absolute Gasteiger partial charge is 0.275 e. The number of H-pyrrole nitrogens is 1. The number of benzene rings is 3. The van der Waals surface area contributed by atoms with Gasteiger partial charge < -0.3 is 10.1 Å². The van der Waals surface area contributed by atoms with Crippen molar-refractivity contribution in [1.29, 1.82) is 0 Å². The molecule has 0 unspecified atom stereocenters. The van der Waals surface area contributed by atoms with Gasteiger partial charge >= 0.3 is 0 Å². The van der Waals surface area contributed by atoms with Crippen molar-refractivity contribution < 1.29 is 9.90 Å².